The predicted octanol–water partition coefficient (Wildman–Crippen LogP) is 5.11. The lowest BCUT2D eigenvalue weighted by molar-refractivity contribution is 0.189. The van der Waals surface area contributed by atoms with E-state index in [2.05, 4.69) is 42.8 Å². The Morgan fingerprint density at radius 1 is 1.33 bits per heavy atom. The van der Waals surface area contributed by atoms with Crippen molar-refractivity contribution in [2.45, 2.75) is 19.0 Å². The first-order valence-corrected chi connectivity index (χ1v) is 8.97. The van der Waals surface area contributed by atoms with Gasteiger partial charge in [0.2, 0.25) is 0 Å². The van der Waals surface area contributed by atoms with Crippen LogP contribution in [0.1, 0.15) is 29.4 Å². The van der Waals surface area contributed by atoms with Crippen molar-refractivity contribution in [1.29, 1.82) is 0 Å². The summed E-state index contributed by atoms with van der Waals surface area (Å²) in [5.74, 6) is -0.179. The zero-order valence-electron chi connectivity index (χ0n) is 11.8. The molecule has 0 aliphatic carbocycles. The molecule has 2 N–H and O–H groups in total. The molecule has 0 aliphatic rings. The van der Waals surface area contributed by atoms with Crippen molar-refractivity contribution < 1.29 is 4.39 Å². The first-order valence-electron chi connectivity index (χ1n) is 6.56. The van der Waals surface area contributed by atoms with Crippen molar-refractivity contribution in [3.8, 4) is 0 Å². The van der Waals surface area contributed by atoms with Crippen LogP contribution < -0.4 is 5.73 Å². The number of hydrogen-bond donors (Lipinski definition) is 1. The Bertz CT molecular complexity index is 598. The SMILES string of the molecule is CC(c1ccccc1F)N(C)C(CN)c1cc(Br)c(Br)s1. The fraction of sp³-hybridized carbons (Fsp3) is 0.333. The van der Waals surface area contributed by atoms with Crippen molar-refractivity contribution in [3.05, 3.63) is 54.8 Å². The van der Waals surface area contributed by atoms with Gasteiger partial charge < -0.3 is 5.73 Å². The zero-order valence-corrected chi connectivity index (χ0v) is 15.8. The Labute approximate surface area is 145 Å². The topological polar surface area (TPSA) is 29.3 Å². The van der Waals surface area contributed by atoms with Crippen LogP contribution in [0, 0.1) is 5.82 Å². The minimum atomic E-state index is -0.179. The number of nitrogens with zero attached hydrogens (tertiary/aromatic N) is 1. The highest BCUT2D eigenvalue weighted by Crippen LogP contribution is 2.39. The van der Waals surface area contributed by atoms with E-state index >= 15 is 0 Å². The van der Waals surface area contributed by atoms with Gasteiger partial charge in [-0.2, -0.15) is 0 Å². The molecule has 6 heteroatoms. The molecule has 21 heavy (non-hydrogen) atoms. The summed E-state index contributed by atoms with van der Waals surface area (Å²) in [4.78, 5) is 3.27. The fourth-order valence-electron chi connectivity index (χ4n) is 2.31. The first-order chi connectivity index (χ1) is 9.95. The lowest BCUT2D eigenvalue weighted by Gasteiger charge is -2.32. The highest BCUT2D eigenvalue weighted by molar-refractivity contribution is 9.13. The third-order valence-electron chi connectivity index (χ3n) is 3.67. The number of rotatable bonds is 5. The van der Waals surface area contributed by atoms with Gasteiger partial charge in [-0.15, -0.1) is 11.3 Å². The maximum Gasteiger partial charge on any atom is 0.127 e. The van der Waals surface area contributed by atoms with Gasteiger partial charge in [0.15, 0.2) is 0 Å². The first kappa shape index (κ1) is 17.1. The van der Waals surface area contributed by atoms with Gasteiger partial charge in [-0.05, 0) is 58.0 Å². The van der Waals surface area contributed by atoms with E-state index in [1.165, 1.54) is 6.07 Å². The molecule has 0 spiro atoms. The van der Waals surface area contributed by atoms with Crippen molar-refractivity contribution in [2.24, 2.45) is 5.73 Å². The van der Waals surface area contributed by atoms with Crippen LogP contribution in [0.15, 0.2) is 38.6 Å². The van der Waals surface area contributed by atoms with Crippen LogP contribution in [0.4, 0.5) is 4.39 Å². The summed E-state index contributed by atoms with van der Waals surface area (Å²) >= 11 is 8.66. The van der Waals surface area contributed by atoms with Crippen LogP contribution in [0.25, 0.3) is 0 Å². The van der Waals surface area contributed by atoms with E-state index in [9.17, 15) is 4.39 Å². The highest BCUT2D eigenvalue weighted by Gasteiger charge is 2.25. The summed E-state index contributed by atoms with van der Waals surface area (Å²) in [6.45, 7) is 2.48. The smallest absolute Gasteiger partial charge is 0.127 e. The number of thiophene rings is 1. The van der Waals surface area contributed by atoms with Gasteiger partial charge >= 0.3 is 0 Å². The average molecular weight is 436 g/mol. The van der Waals surface area contributed by atoms with E-state index < -0.39 is 0 Å². The molecule has 0 bridgehead atoms. The standard InChI is InChI=1S/C15H17Br2FN2S/c1-9(10-5-3-4-6-12(10)18)20(2)13(8-19)14-7-11(16)15(17)21-14/h3-7,9,13H,8,19H2,1-2H3. The number of likely N-dealkylation sites (N-methyl/N-ethyl adjacent to an activating group) is 1. The van der Waals surface area contributed by atoms with Gasteiger partial charge in [0.25, 0.3) is 0 Å². The maximum absolute atomic E-state index is 14.0. The Hall–Kier alpha value is -0.270. The summed E-state index contributed by atoms with van der Waals surface area (Å²) in [6.07, 6.45) is 0. The van der Waals surface area contributed by atoms with Crippen molar-refractivity contribution in [2.75, 3.05) is 13.6 Å². The van der Waals surface area contributed by atoms with Crippen molar-refractivity contribution in [1.82, 2.24) is 4.90 Å². The summed E-state index contributed by atoms with van der Waals surface area (Å²) < 4.78 is 16.0. The van der Waals surface area contributed by atoms with Crippen LogP contribution >= 0.6 is 43.2 Å². The molecule has 0 saturated heterocycles. The Balaban J connectivity index is 2.28. The Morgan fingerprint density at radius 2 is 2.00 bits per heavy atom. The predicted molar refractivity (Wildman–Crippen MR) is 94.1 cm³/mol. The van der Waals surface area contributed by atoms with E-state index in [4.69, 9.17) is 5.73 Å². The third-order valence-corrected chi connectivity index (χ3v) is 7.03. The molecule has 0 radical (unpaired) electrons. The second-order valence-electron chi connectivity index (χ2n) is 4.88. The Kier molecular flexibility index (Phi) is 5.96. The maximum atomic E-state index is 14.0. The largest absolute Gasteiger partial charge is 0.329 e. The molecule has 1 aromatic carbocycles. The third kappa shape index (κ3) is 3.74. The van der Waals surface area contributed by atoms with Crippen LogP contribution in [0.5, 0.6) is 0 Å². The van der Waals surface area contributed by atoms with E-state index in [1.54, 1.807) is 17.4 Å². The lowest BCUT2D eigenvalue weighted by atomic mass is 10.0. The van der Waals surface area contributed by atoms with Gasteiger partial charge in [0.1, 0.15) is 5.82 Å². The molecule has 0 aliphatic heterocycles. The summed E-state index contributed by atoms with van der Waals surface area (Å²) in [5, 5.41) is 0. The van der Waals surface area contributed by atoms with E-state index in [1.807, 2.05) is 26.1 Å². The van der Waals surface area contributed by atoms with Gasteiger partial charge in [-0.1, -0.05) is 18.2 Å². The molecule has 1 aromatic heterocycles. The molecule has 0 saturated carbocycles. The van der Waals surface area contributed by atoms with E-state index in [0.29, 0.717) is 12.1 Å². The van der Waals surface area contributed by atoms with E-state index in [-0.39, 0.29) is 17.9 Å². The fourth-order valence-corrected chi connectivity index (χ4v) is 4.57. The molecule has 0 fully saturated rings. The molecule has 1 heterocycles. The van der Waals surface area contributed by atoms with Crippen LogP contribution in [-0.2, 0) is 0 Å². The van der Waals surface area contributed by atoms with Crippen molar-refractivity contribution in [3.63, 3.8) is 0 Å². The molecule has 0 amide bonds. The quantitative estimate of drug-likeness (QED) is 0.707. The normalized spacial score (nSPS) is 14.4. The van der Waals surface area contributed by atoms with Gasteiger partial charge in [0.05, 0.1) is 9.83 Å². The number of hydrogen-bond acceptors (Lipinski definition) is 3. The zero-order chi connectivity index (χ0) is 15.6. The molecular weight excluding hydrogens is 419 g/mol. The number of benzene rings is 1. The molecule has 2 atom stereocenters. The summed E-state index contributed by atoms with van der Waals surface area (Å²) in [6, 6.07) is 8.95. The lowest BCUT2D eigenvalue weighted by Crippen LogP contribution is -2.32. The van der Waals surface area contributed by atoms with Crippen LogP contribution in [0.3, 0.4) is 0 Å². The summed E-state index contributed by atoms with van der Waals surface area (Å²) in [7, 11) is 1.98. The molecule has 2 rings (SSSR count). The minimum Gasteiger partial charge on any atom is -0.329 e. The summed E-state index contributed by atoms with van der Waals surface area (Å²) in [5.41, 5.74) is 6.65. The van der Waals surface area contributed by atoms with E-state index in [0.717, 1.165) is 13.1 Å². The van der Waals surface area contributed by atoms with Gasteiger partial charge in [-0.3, -0.25) is 4.90 Å². The minimum absolute atomic E-state index is 0.0483. The number of nitrogens with two attached hydrogens (primary N) is 1. The second kappa shape index (κ2) is 7.33. The molecule has 114 valence electrons. The average Bonchev–Trinajstić information content (AvgIpc) is 2.79. The van der Waals surface area contributed by atoms with Gasteiger partial charge in [-0.25, -0.2) is 4.39 Å². The Morgan fingerprint density at radius 3 is 2.52 bits per heavy atom. The van der Waals surface area contributed by atoms with Crippen molar-refractivity contribution >= 4 is 43.2 Å². The molecular formula is C15H17Br2FN2S. The molecule has 2 unspecified atom stereocenters. The van der Waals surface area contributed by atoms with Crippen LogP contribution in [0.2, 0.25) is 0 Å². The molecule has 2 nitrogen and oxygen atoms in total. The van der Waals surface area contributed by atoms with Gasteiger partial charge in [0, 0.05) is 27.5 Å². The van der Waals surface area contributed by atoms with Crippen LogP contribution in [-0.4, -0.2) is 18.5 Å². The monoisotopic (exact) mass is 434 g/mol. The molecule has 2 aromatic rings. The number of halogens is 3. The highest BCUT2D eigenvalue weighted by atomic mass is 79.9. The second-order valence-corrected chi connectivity index (χ2v) is 8.14.